The van der Waals surface area contributed by atoms with Gasteiger partial charge in [0.15, 0.2) is 0 Å². The van der Waals surface area contributed by atoms with E-state index in [2.05, 4.69) is 10.3 Å². The zero-order valence-electron chi connectivity index (χ0n) is 26.1. The molecule has 2 aromatic carbocycles. The molecule has 13 heteroatoms. The van der Waals surface area contributed by atoms with Gasteiger partial charge in [0.25, 0.3) is 11.8 Å². The second-order valence-corrected chi connectivity index (χ2v) is 12.0. The fourth-order valence-electron chi connectivity index (χ4n) is 5.09. The van der Waals surface area contributed by atoms with Gasteiger partial charge >= 0.3 is 12.3 Å². The summed E-state index contributed by atoms with van der Waals surface area (Å²) in [5.41, 5.74) is 0.504. The van der Waals surface area contributed by atoms with Crippen LogP contribution in [0.2, 0.25) is 0 Å². The van der Waals surface area contributed by atoms with Crippen molar-refractivity contribution < 1.29 is 37.0 Å². The number of alkyl halides is 3. The molecule has 1 fully saturated rings. The largest absolute Gasteiger partial charge is 0.444 e. The molecule has 0 saturated carbocycles. The first kappa shape index (κ1) is 32.3. The number of rotatable bonds is 5. The highest BCUT2D eigenvalue weighted by Crippen LogP contribution is 2.31. The van der Waals surface area contributed by atoms with Crippen LogP contribution in [0.1, 0.15) is 52.7 Å². The molecular weight excluding hydrogens is 603 g/mol. The van der Waals surface area contributed by atoms with Gasteiger partial charge in [-0.25, -0.2) is 9.78 Å². The van der Waals surface area contributed by atoms with Gasteiger partial charge in [0.1, 0.15) is 17.0 Å². The van der Waals surface area contributed by atoms with Crippen LogP contribution < -0.4 is 10.1 Å². The average molecular weight is 638 g/mol. The molecule has 242 valence electrons. The van der Waals surface area contributed by atoms with Gasteiger partial charge in [-0.1, -0.05) is 0 Å². The fraction of sp³-hybridized carbons (Fsp3) is 0.333. The monoisotopic (exact) mass is 637 g/mol. The molecule has 0 bridgehead atoms. The van der Waals surface area contributed by atoms with Crippen molar-refractivity contribution in [2.45, 2.75) is 39.5 Å². The summed E-state index contributed by atoms with van der Waals surface area (Å²) in [6, 6.07) is 13.3. The number of nitrogens with zero attached hydrogens (tertiary/aromatic N) is 4. The lowest BCUT2D eigenvalue weighted by atomic mass is 10.0. The molecule has 46 heavy (non-hydrogen) atoms. The Balaban J connectivity index is 1.21. The molecule has 0 atom stereocenters. The number of fused-ring (bicyclic) bond motifs is 1. The third-order valence-electron chi connectivity index (χ3n) is 7.47. The molecule has 3 heterocycles. The molecule has 0 aliphatic carbocycles. The molecule has 1 aliphatic rings. The number of halogens is 3. The van der Waals surface area contributed by atoms with Crippen LogP contribution in [0.3, 0.4) is 0 Å². The van der Waals surface area contributed by atoms with Crippen molar-refractivity contribution in [3.05, 3.63) is 83.2 Å². The topological polar surface area (TPSA) is 106 Å². The third-order valence-corrected chi connectivity index (χ3v) is 7.47. The van der Waals surface area contributed by atoms with Crippen molar-refractivity contribution in [2.24, 2.45) is 7.05 Å². The highest BCUT2D eigenvalue weighted by atomic mass is 19.4. The minimum atomic E-state index is -4.49. The SMILES string of the molecule is Cc1cc(C(F)(F)F)ccc1C(=O)Nc1ccc(Oc2ccc3cc(C(=O)N4CCN(C(=O)OC(C)(C)C)CC4)n(C)c3c2)nc1. The fourth-order valence-corrected chi connectivity index (χ4v) is 5.09. The van der Waals surface area contributed by atoms with Gasteiger partial charge in [-0.3, -0.25) is 9.59 Å². The van der Waals surface area contributed by atoms with Gasteiger partial charge in [0, 0.05) is 56.3 Å². The molecule has 4 aromatic rings. The quantitative estimate of drug-likeness (QED) is 0.263. The third kappa shape index (κ3) is 7.24. The summed E-state index contributed by atoms with van der Waals surface area (Å²) in [4.78, 5) is 46.0. The average Bonchev–Trinajstić information content (AvgIpc) is 3.32. The van der Waals surface area contributed by atoms with Crippen LogP contribution in [0.4, 0.5) is 23.7 Å². The molecular formula is C33H34F3N5O5. The number of hydrogen-bond acceptors (Lipinski definition) is 6. The Morgan fingerprint density at radius 2 is 1.59 bits per heavy atom. The zero-order chi connectivity index (χ0) is 33.4. The van der Waals surface area contributed by atoms with E-state index in [9.17, 15) is 27.6 Å². The summed E-state index contributed by atoms with van der Waals surface area (Å²) in [6.45, 7) is 8.42. The first-order chi connectivity index (χ1) is 21.6. The van der Waals surface area contributed by atoms with Gasteiger partial charge in [-0.05, 0) is 75.7 Å². The van der Waals surface area contributed by atoms with Crippen molar-refractivity contribution in [2.75, 3.05) is 31.5 Å². The van der Waals surface area contributed by atoms with Crippen LogP contribution >= 0.6 is 0 Å². The van der Waals surface area contributed by atoms with Crippen LogP contribution in [0, 0.1) is 6.92 Å². The number of anilines is 1. The van der Waals surface area contributed by atoms with Crippen molar-refractivity contribution in [3.63, 3.8) is 0 Å². The second kappa shape index (κ2) is 12.4. The van der Waals surface area contributed by atoms with E-state index in [0.29, 0.717) is 43.3 Å². The number of ether oxygens (including phenoxy) is 2. The molecule has 5 rings (SSSR count). The number of aromatic nitrogens is 2. The van der Waals surface area contributed by atoms with Crippen LogP contribution in [0.5, 0.6) is 11.6 Å². The van der Waals surface area contributed by atoms with Gasteiger partial charge in [-0.15, -0.1) is 0 Å². The molecule has 10 nitrogen and oxygen atoms in total. The number of benzene rings is 2. The van der Waals surface area contributed by atoms with Gasteiger partial charge < -0.3 is 29.2 Å². The smallest absolute Gasteiger partial charge is 0.416 e. The molecule has 1 saturated heterocycles. The molecule has 3 amide bonds. The van der Waals surface area contributed by atoms with E-state index in [0.717, 1.165) is 29.1 Å². The van der Waals surface area contributed by atoms with E-state index in [1.807, 2.05) is 32.9 Å². The van der Waals surface area contributed by atoms with E-state index < -0.39 is 23.2 Å². The maximum Gasteiger partial charge on any atom is 0.416 e. The Morgan fingerprint density at radius 3 is 2.20 bits per heavy atom. The van der Waals surface area contributed by atoms with Crippen molar-refractivity contribution >= 4 is 34.5 Å². The lowest BCUT2D eigenvalue weighted by molar-refractivity contribution is -0.137. The Hall–Kier alpha value is -5.07. The lowest BCUT2D eigenvalue weighted by Crippen LogP contribution is -2.51. The maximum absolute atomic E-state index is 13.4. The van der Waals surface area contributed by atoms with E-state index in [4.69, 9.17) is 9.47 Å². The maximum atomic E-state index is 13.4. The van der Waals surface area contributed by atoms with E-state index in [1.165, 1.54) is 13.1 Å². The standard InChI is InChI=1S/C33H34F3N5O5/c1-20-16-22(33(34,35)36)7-10-25(20)29(42)38-23-8-11-28(37-19-23)45-24-9-6-21-17-27(39(5)26(21)18-24)30(43)40-12-14-41(15-13-40)31(44)46-32(2,3)4/h6-11,16-19H,12-15H2,1-5H3,(H,38,42). The molecule has 1 N–H and O–H groups in total. The Morgan fingerprint density at radius 1 is 0.891 bits per heavy atom. The number of amides is 3. The van der Waals surface area contributed by atoms with Gasteiger partial charge in [0.2, 0.25) is 5.88 Å². The molecule has 1 aliphatic heterocycles. The number of piperazine rings is 1. The predicted octanol–water partition coefficient (Wildman–Crippen LogP) is 6.64. The Bertz CT molecular complexity index is 1790. The molecule has 2 aromatic heterocycles. The number of carbonyl (C=O) groups is 3. The minimum Gasteiger partial charge on any atom is -0.444 e. The molecule has 0 spiro atoms. The highest BCUT2D eigenvalue weighted by Gasteiger charge is 2.31. The molecule has 0 unspecified atom stereocenters. The van der Waals surface area contributed by atoms with Crippen LogP contribution in [-0.2, 0) is 18.0 Å². The van der Waals surface area contributed by atoms with Crippen molar-refractivity contribution in [1.29, 1.82) is 0 Å². The van der Waals surface area contributed by atoms with Crippen LogP contribution in [0.25, 0.3) is 10.9 Å². The Kier molecular flexibility index (Phi) is 8.70. The van der Waals surface area contributed by atoms with Crippen LogP contribution in [-0.4, -0.2) is 69.0 Å². The Labute approximate surface area is 263 Å². The highest BCUT2D eigenvalue weighted by molar-refractivity contribution is 6.05. The summed E-state index contributed by atoms with van der Waals surface area (Å²) in [5.74, 6) is 0.0155. The van der Waals surface area contributed by atoms with E-state index >= 15 is 0 Å². The van der Waals surface area contributed by atoms with Crippen LogP contribution in [0.15, 0.2) is 60.8 Å². The summed E-state index contributed by atoms with van der Waals surface area (Å²) in [5, 5.41) is 3.48. The predicted molar refractivity (Wildman–Crippen MR) is 165 cm³/mol. The summed E-state index contributed by atoms with van der Waals surface area (Å²) < 4.78 is 52.0. The number of pyridine rings is 1. The molecule has 0 radical (unpaired) electrons. The zero-order valence-corrected chi connectivity index (χ0v) is 26.1. The number of nitrogens with one attached hydrogen (secondary N) is 1. The second-order valence-electron chi connectivity index (χ2n) is 12.0. The summed E-state index contributed by atoms with van der Waals surface area (Å²) >= 11 is 0. The normalized spacial score (nSPS) is 13.9. The first-order valence-electron chi connectivity index (χ1n) is 14.6. The number of hydrogen-bond donors (Lipinski definition) is 1. The minimum absolute atomic E-state index is 0.116. The van der Waals surface area contributed by atoms with Gasteiger partial charge in [0.05, 0.1) is 23.0 Å². The first-order valence-corrected chi connectivity index (χ1v) is 14.6. The van der Waals surface area contributed by atoms with E-state index in [1.54, 1.807) is 45.7 Å². The summed E-state index contributed by atoms with van der Waals surface area (Å²) in [7, 11) is 1.80. The van der Waals surface area contributed by atoms with Crippen molar-refractivity contribution in [1.82, 2.24) is 19.4 Å². The van der Waals surface area contributed by atoms with Crippen molar-refractivity contribution in [3.8, 4) is 11.6 Å². The van der Waals surface area contributed by atoms with Gasteiger partial charge in [-0.2, -0.15) is 13.2 Å². The lowest BCUT2D eigenvalue weighted by Gasteiger charge is -2.35. The number of aryl methyl sites for hydroxylation is 2. The van der Waals surface area contributed by atoms with E-state index in [-0.39, 0.29) is 29.0 Å². The summed E-state index contributed by atoms with van der Waals surface area (Å²) in [6.07, 6.45) is -3.50. The number of carbonyl (C=O) groups excluding carboxylic acids is 3.